The van der Waals surface area contributed by atoms with E-state index in [1.54, 1.807) is 18.4 Å². The van der Waals surface area contributed by atoms with Crippen LogP contribution in [-0.2, 0) is 4.74 Å². The molecule has 0 saturated carbocycles. The number of thiophene rings is 1. The van der Waals surface area contributed by atoms with Gasteiger partial charge in [0.2, 0.25) is 0 Å². The number of nitrogens with two attached hydrogens (primary N) is 1. The molecule has 0 aromatic carbocycles. The predicted molar refractivity (Wildman–Crippen MR) is 47.9 cm³/mol. The summed E-state index contributed by atoms with van der Waals surface area (Å²) in [4.78, 5) is 1.25. The van der Waals surface area contributed by atoms with E-state index in [0.717, 1.165) is 0 Å². The molecule has 0 radical (unpaired) electrons. The smallest absolute Gasteiger partial charge is 0.104 e. The second-order valence-corrected chi connectivity index (χ2v) is 3.38. The van der Waals surface area contributed by atoms with E-state index < -0.39 is 0 Å². The molecule has 0 saturated heterocycles. The molecule has 1 atom stereocenters. The Morgan fingerprint density at radius 1 is 1.73 bits per heavy atom. The zero-order valence-corrected chi connectivity index (χ0v) is 7.65. The van der Waals surface area contributed by atoms with Crippen molar-refractivity contribution in [3.05, 3.63) is 21.9 Å². The maximum atomic E-state index is 5.53. The molecule has 0 spiro atoms. The van der Waals surface area contributed by atoms with Crippen molar-refractivity contribution in [1.29, 1.82) is 0 Å². The molecule has 0 bridgehead atoms. The molecule has 11 heavy (non-hydrogen) atoms. The minimum absolute atomic E-state index is 0.0787. The van der Waals surface area contributed by atoms with Gasteiger partial charge in [-0.2, -0.15) is 0 Å². The molecular formula is C8H13NOS. The van der Waals surface area contributed by atoms with Gasteiger partial charge in [0.05, 0.1) is 0 Å². The summed E-state index contributed by atoms with van der Waals surface area (Å²) in [5, 5.41) is 2.06. The average molecular weight is 171 g/mol. The van der Waals surface area contributed by atoms with Crippen LogP contribution >= 0.6 is 11.3 Å². The van der Waals surface area contributed by atoms with Crippen LogP contribution in [0, 0.1) is 6.92 Å². The number of rotatable bonds is 3. The van der Waals surface area contributed by atoms with E-state index in [2.05, 4.69) is 18.4 Å². The van der Waals surface area contributed by atoms with Crippen LogP contribution in [0.4, 0.5) is 0 Å². The lowest BCUT2D eigenvalue weighted by molar-refractivity contribution is 0.113. The fraction of sp³-hybridized carbons (Fsp3) is 0.500. The minimum Gasteiger partial charge on any atom is -0.375 e. The SMILES string of the molecule is COC(CN)c1sccc1C. The van der Waals surface area contributed by atoms with Crippen molar-refractivity contribution in [2.75, 3.05) is 13.7 Å². The first-order chi connectivity index (χ1) is 5.29. The van der Waals surface area contributed by atoms with Gasteiger partial charge in [-0.3, -0.25) is 0 Å². The van der Waals surface area contributed by atoms with Crippen molar-refractivity contribution in [1.82, 2.24) is 0 Å². The summed E-state index contributed by atoms with van der Waals surface area (Å²) >= 11 is 1.70. The summed E-state index contributed by atoms with van der Waals surface area (Å²) in [5.41, 5.74) is 6.80. The summed E-state index contributed by atoms with van der Waals surface area (Å²) in [7, 11) is 1.69. The van der Waals surface area contributed by atoms with Gasteiger partial charge >= 0.3 is 0 Å². The van der Waals surface area contributed by atoms with Crippen molar-refractivity contribution in [3.8, 4) is 0 Å². The molecule has 3 heteroatoms. The molecule has 2 nitrogen and oxygen atoms in total. The van der Waals surface area contributed by atoms with Crippen molar-refractivity contribution in [3.63, 3.8) is 0 Å². The Bertz CT molecular complexity index is 218. The number of hydrogen-bond donors (Lipinski definition) is 1. The van der Waals surface area contributed by atoms with Gasteiger partial charge in [-0.1, -0.05) is 0 Å². The first kappa shape index (κ1) is 8.71. The van der Waals surface area contributed by atoms with Gasteiger partial charge < -0.3 is 10.5 Å². The quantitative estimate of drug-likeness (QED) is 0.751. The third-order valence-electron chi connectivity index (χ3n) is 1.69. The van der Waals surface area contributed by atoms with Gasteiger partial charge in [-0.25, -0.2) is 0 Å². The molecule has 1 aromatic heterocycles. The third-order valence-corrected chi connectivity index (χ3v) is 2.80. The Labute approximate surface area is 71.0 Å². The van der Waals surface area contributed by atoms with Gasteiger partial charge in [0.15, 0.2) is 0 Å². The van der Waals surface area contributed by atoms with Gasteiger partial charge in [0.1, 0.15) is 6.10 Å². The lowest BCUT2D eigenvalue weighted by Gasteiger charge is -2.11. The van der Waals surface area contributed by atoms with Crippen LogP contribution in [0.15, 0.2) is 11.4 Å². The lowest BCUT2D eigenvalue weighted by atomic mass is 10.2. The van der Waals surface area contributed by atoms with Gasteiger partial charge in [0.25, 0.3) is 0 Å². The Hall–Kier alpha value is -0.380. The lowest BCUT2D eigenvalue weighted by Crippen LogP contribution is -2.13. The summed E-state index contributed by atoms with van der Waals surface area (Å²) in [6.45, 7) is 2.63. The zero-order chi connectivity index (χ0) is 8.27. The van der Waals surface area contributed by atoms with Crippen LogP contribution in [-0.4, -0.2) is 13.7 Å². The maximum Gasteiger partial charge on any atom is 0.104 e. The average Bonchev–Trinajstić information content (AvgIpc) is 2.40. The Morgan fingerprint density at radius 2 is 2.45 bits per heavy atom. The first-order valence-electron chi connectivity index (χ1n) is 3.56. The third kappa shape index (κ3) is 1.80. The fourth-order valence-electron chi connectivity index (χ4n) is 1.02. The highest BCUT2D eigenvalue weighted by atomic mass is 32.1. The molecule has 1 aromatic rings. The van der Waals surface area contributed by atoms with E-state index in [4.69, 9.17) is 10.5 Å². The van der Waals surface area contributed by atoms with Crippen molar-refractivity contribution in [2.24, 2.45) is 5.73 Å². The highest BCUT2D eigenvalue weighted by molar-refractivity contribution is 7.10. The van der Waals surface area contributed by atoms with Gasteiger partial charge in [0, 0.05) is 18.5 Å². The highest BCUT2D eigenvalue weighted by Crippen LogP contribution is 2.24. The van der Waals surface area contributed by atoms with Crippen LogP contribution in [0.1, 0.15) is 16.5 Å². The normalized spacial score (nSPS) is 13.4. The number of aryl methyl sites for hydroxylation is 1. The fourth-order valence-corrected chi connectivity index (χ4v) is 2.04. The molecule has 0 aliphatic carbocycles. The molecule has 0 aliphatic heterocycles. The van der Waals surface area contributed by atoms with Crippen LogP contribution in [0.5, 0.6) is 0 Å². The van der Waals surface area contributed by atoms with Crippen LogP contribution < -0.4 is 5.73 Å². The summed E-state index contributed by atoms with van der Waals surface area (Å²) < 4.78 is 5.21. The van der Waals surface area contributed by atoms with Crippen LogP contribution in [0.2, 0.25) is 0 Å². The molecule has 0 aliphatic rings. The number of ether oxygens (including phenoxy) is 1. The number of hydrogen-bond acceptors (Lipinski definition) is 3. The largest absolute Gasteiger partial charge is 0.375 e. The monoisotopic (exact) mass is 171 g/mol. The second kappa shape index (κ2) is 3.85. The molecule has 1 unspecified atom stereocenters. The molecule has 1 heterocycles. The predicted octanol–water partition coefficient (Wildman–Crippen LogP) is 1.70. The molecular weight excluding hydrogens is 158 g/mol. The number of methoxy groups -OCH3 is 1. The van der Waals surface area contributed by atoms with Crippen LogP contribution in [0.3, 0.4) is 0 Å². The molecule has 0 fully saturated rings. The van der Waals surface area contributed by atoms with Crippen molar-refractivity contribution in [2.45, 2.75) is 13.0 Å². The summed E-state index contributed by atoms with van der Waals surface area (Å²) in [6.07, 6.45) is 0.0787. The van der Waals surface area contributed by atoms with Crippen molar-refractivity contribution >= 4 is 11.3 Å². The van der Waals surface area contributed by atoms with E-state index in [1.807, 2.05) is 0 Å². The molecule has 2 N–H and O–H groups in total. The topological polar surface area (TPSA) is 35.2 Å². The summed E-state index contributed by atoms with van der Waals surface area (Å²) in [5.74, 6) is 0. The highest BCUT2D eigenvalue weighted by Gasteiger charge is 2.11. The van der Waals surface area contributed by atoms with Crippen molar-refractivity contribution < 1.29 is 4.74 Å². The standard InChI is InChI=1S/C8H13NOS/c1-6-3-4-11-8(6)7(5-9)10-2/h3-4,7H,5,9H2,1-2H3. The summed E-state index contributed by atoms with van der Waals surface area (Å²) in [6, 6.07) is 2.08. The molecule has 0 amide bonds. The minimum atomic E-state index is 0.0787. The first-order valence-corrected chi connectivity index (χ1v) is 4.44. The van der Waals surface area contributed by atoms with E-state index in [1.165, 1.54) is 10.4 Å². The Kier molecular flexibility index (Phi) is 3.05. The maximum absolute atomic E-state index is 5.53. The molecule has 1 rings (SSSR count). The Balaban J connectivity index is 2.81. The molecule has 62 valence electrons. The van der Waals surface area contributed by atoms with Gasteiger partial charge in [-0.05, 0) is 23.9 Å². The van der Waals surface area contributed by atoms with Gasteiger partial charge in [-0.15, -0.1) is 11.3 Å². The van der Waals surface area contributed by atoms with E-state index >= 15 is 0 Å². The van der Waals surface area contributed by atoms with E-state index in [9.17, 15) is 0 Å². The zero-order valence-electron chi connectivity index (χ0n) is 6.83. The second-order valence-electron chi connectivity index (χ2n) is 2.43. The Morgan fingerprint density at radius 3 is 2.82 bits per heavy atom. The van der Waals surface area contributed by atoms with E-state index in [0.29, 0.717) is 6.54 Å². The van der Waals surface area contributed by atoms with Crippen LogP contribution in [0.25, 0.3) is 0 Å². The van der Waals surface area contributed by atoms with E-state index in [-0.39, 0.29) is 6.10 Å².